The van der Waals surface area contributed by atoms with Gasteiger partial charge in [0.05, 0.1) is 0 Å². The second-order valence-electron chi connectivity index (χ2n) is 4.50. The highest BCUT2D eigenvalue weighted by atomic mass is 16.4. The highest BCUT2D eigenvalue weighted by molar-refractivity contribution is 6.13. The van der Waals surface area contributed by atoms with Crippen molar-refractivity contribution >= 4 is 18.5 Å². The van der Waals surface area contributed by atoms with E-state index in [2.05, 4.69) is 60.7 Å². The Morgan fingerprint density at radius 3 is 1.74 bits per heavy atom. The predicted octanol–water partition coefficient (Wildman–Crippen LogP) is 2.72. The monoisotopic (exact) mass is 248 g/mol. The van der Waals surface area contributed by atoms with Crippen LogP contribution in [0.5, 0.6) is 0 Å². The van der Waals surface area contributed by atoms with Crippen LogP contribution in [0.25, 0.3) is 33.0 Å². The molecule has 0 spiro atoms. The van der Waals surface area contributed by atoms with Crippen LogP contribution in [0, 0.1) is 0 Å². The first-order chi connectivity index (χ1) is 9.31. The van der Waals surface area contributed by atoms with Gasteiger partial charge in [0.15, 0.2) is 0 Å². The first kappa shape index (κ1) is 12.0. The van der Waals surface area contributed by atoms with Crippen molar-refractivity contribution in [1.29, 1.82) is 0 Å². The highest BCUT2D eigenvalue weighted by Gasteiger charge is 2.14. The first-order valence-corrected chi connectivity index (χ1v) is 6.18. The van der Waals surface area contributed by atoms with Crippen LogP contribution in [-0.2, 0) is 0 Å². The summed E-state index contributed by atoms with van der Waals surface area (Å²) < 4.78 is 0. The second kappa shape index (κ2) is 4.88. The zero-order valence-electron chi connectivity index (χ0n) is 10.4. The first-order valence-electron chi connectivity index (χ1n) is 6.18. The molecule has 2 aromatic carbocycles. The molecular weight excluding hydrogens is 235 g/mol. The SMILES string of the molecule is OBO.c1ccc2cc(-c3cc4cc-4c3)ccc2c1. The van der Waals surface area contributed by atoms with Gasteiger partial charge >= 0.3 is 7.69 Å². The van der Waals surface area contributed by atoms with Crippen LogP contribution in [-0.4, -0.2) is 17.7 Å². The Kier molecular flexibility index (Phi) is 3.07. The van der Waals surface area contributed by atoms with E-state index in [1.54, 1.807) is 0 Å². The van der Waals surface area contributed by atoms with Gasteiger partial charge in [-0.1, -0.05) is 36.4 Å². The fraction of sp³-hybridized carbons (Fsp3) is 0. The molecule has 0 aromatic heterocycles. The van der Waals surface area contributed by atoms with Crippen LogP contribution in [0.2, 0.25) is 0 Å². The van der Waals surface area contributed by atoms with Crippen molar-refractivity contribution in [2.24, 2.45) is 0 Å². The van der Waals surface area contributed by atoms with Gasteiger partial charge in [-0.25, -0.2) is 0 Å². The lowest BCUT2D eigenvalue weighted by Gasteiger charge is -2.01. The van der Waals surface area contributed by atoms with Crippen LogP contribution < -0.4 is 0 Å². The summed E-state index contributed by atoms with van der Waals surface area (Å²) >= 11 is 0. The predicted molar refractivity (Wildman–Crippen MR) is 80.0 cm³/mol. The number of benzene rings is 3. The molecule has 0 radical (unpaired) electrons. The summed E-state index contributed by atoms with van der Waals surface area (Å²) in [7, 11) is -0.750. The molecule has 2 aliphatic rings. The average molecular weight is 248 g/mol. The lowest BCUT2D eigenvalue weighted by Crippen LogP contribution is -1.75. The minimum Gasteiger partial charge on any atom is -0.430 e. The van der Waals surface area contributed by atoms with Crippen LogP contribution in [0.3, 0.4) is 0 Å². The third-order valence-corrected chi connectivity index (χ3v) is 3.27. The van der Waals surface area contributed by atoms with Gasteiger partial charge in [-0.15, -0.1) is 0 Å². The maximum atomic E-state index is 7.12. The normalized spacial score (nSPS) is 10.6. The molecule has 0 heterocycles. The van der Waals surface area contributed by atoms with E-state index in [9.17, 15) is 0 Å². The largest absolute Gasteiger partial charge is 0.432 e. The zero-order chi connectivity index (χ0) is 13.2. The van der Waals surface area contributed by atoms with Crippen molar-refractivity contribution in [3.05, 3.63) is 60.7 Å². The van der Waals surface area contributed by atoms with E-state index in [1.165, 1.54) is 33.0 Å². The van der Waals surface area contributed by atoms with E-state index >= 15 is 0 Å². The lowest BCUT2D eigenvalue weighted by atomic mass is 10.0. The summed E-state index contributed by atoms with van der Waals surface area (Å²) in [6.07, 6.45) is 0. The van der Waals surface area contributed by atoms with E-state index in [-0.39, 0.29) is 0 Å². The molecule has 0 fully saturated rings. The topological polar surface area (TPSA) is 40.5 Å². The van der Waals surface area contributed by atoms with Gasteiger partial charge in [-0.05, 0) is 57.3 Å². The Bertz CT molecular complexity index is 717. The van der Waals surface area contributed by atoms with Gasteiger partial charge in [-0.3, -0.25) is 0 Å². The summed E-state index contributed by atoms with van der Waals surface area (Å²) in [5, 5.41) is 16.9. The van der Waals surface area contributed by atoms with Crippen molar-refractivity contribution in [2.45, 2.75) is 0 Å². The summed E-state index contributed by atoms with van der Waals surface area (Å²) in [5.41, 5.74) is 5.48. The molecule has 4 rings (SSSR count). The Morgan fingerprint density at radius 2 is 1.11 bits per heavy atom. The van der Waals surface area contributed by atoms with Gasteiger partial charge in [0.1, 0.15) is 0 Å². The molecule has 2 nitrogen and oxygen atoms in total. The fourth-order valence-corrected chi connectivity index (χ4v) is 2.29. The lowest BCUT2D eigenvalue weighted by molar-refractivity contribution is 0.448. The minimum atomic E-state index is -0.750. The Balaban J connectivity index is 0.000000339. The fourth-order valence-electron chi connectivity index (χ4n) is 2.29. The number of rotatable bonds is 1. The van der Waals surface area contributed by atoms with Crippen LogP contribution in [0.15, 0.2) is 60.7 Å². The Hall–Kier alpha value is -2.10. The molecule has 3 heteroatoms. The van der Waals surface area contributed by atoms with E-state index < -0.39 is 7.69 Å². The molecule has 2 aromatic rings. The molecular formula is C16H13BO2. The molecule has 0 unspecified atom stereocenters. The molecule has 0 saturated heterocycles. The van der Waals surface area contributed by atoms with E-state index in [4.69, 9.17) is 10.0 Å². The molecule has 2 N–H and O–H groups in total. The van der Waals surface area contributed by atoms with Crippen molar-refractivity contribution in [3.8, 4) is 22.3 Å². The molecule has 0 amide bonds. The maximum Gasteiger partial charge on any atom is 0.432 e. The molecule has 0 bridgehead atoms. The van der Waals surface area contributed by atoms with Crippen LogP contribution in [0.1, 0.15) is 0 Å². The van der Waals surface area contributed by atoms with Crippen molar-refractivity contribution < 1.29 is 10.0 Å². The van der Waals surface area contributed by atoms with E-state index in [0.29, 0.717) is 0 Å². The van der Waals surface area contributed by atoms with Gasteiger partial charge in [-0.2, -0.15) is 0 Å². The van der Waals surface area contributed by atoms with E-state index in [0.717, 1.165) is 0 Å². The second-order valence-corrected chi connectivity index (χ2v) is 4.50. The summed E-state index contributed by atoms with van der Waals surface area (Å²) in [6, 6.07) is 21.9. The van der Waals surface area contributed by atoms with Crippen LogP contribution in [0.4, 0.5) is 0 Å². The minimum absolute atomic E-state index is 0.750. The molecule has 0 aliphatic heterocycles. The van der Waals surface area contributed by atoms with Gasteiger partial charge in [0, 0.05) is 0 Å². The summed E-state index contributed by atoms with van der Waals surface area (Å²) in [5.74, 6) is 0. The highest BCUT2D eigenvalue weighted by Crippen LogP contribution is 2.40. The molecule has 0 saturated carbocycles. The smallest absolute Gasteiger partial charge is 0.430 e. The van der Waals surface area contributed by atoms with Gasteiger partial charge < -0.3 is 10.0 Å². The molecule has 0 atom stereocenters. The maximum absolute atomic E-state index is 7.12. The third-order valence-electron chi connectivity index (χ3n) is 3.27. The molecule has 19 heavy (non-hydrogen) atoms. The standard InChI is InChI=1S/C16H10.BH3O2/c1-2-4-12-7-13(6-5-11(12)3-1)14-8-15-10-16(15)9-14;2-1-3/h1-10H;1-3H. The zero-order valence-corrected chi connectivity index (χ0v) is 10.4. The van der Waals surface area contributed by atoms with Crippen molar-refractivity contribution in [2.75, 3.05) is 0 Å². The van der Waals surface area contributed by atoms with Gasteiger partial charge in [0.2, 0.25) is 0 Å². The number of hydrogen-bond acceptors (Lipinski definition) is 2. The Labute approximate surface area is 112 Å². The van der Waals surface area contributed by atoms with Crippen molar-refractivity contribution in [1.82, 2.24) is 0 Å². The third kappa shape index (κ3) is 2.39. The quantitative estimate of drug-likeness (QED) is 0.508. The van der Waals surface area contributed by atoms with Crippen molar-refractivity contribution in [3.63, 3.8) is 0 Å². The summed E-state index contributed by atoms with van der Waals surface area (Å²) in [4.78, 5) is 0. The molecule has 2 aliphatic carbocycles. The van der Waals surface area contributed by atoms with E-state index in [1.807, 2.05) is 0 Å². The molecule has 92 valence electrons. The number of hydrogen-bond donors (Lipinski definition) is 2. The number of fused-ring (bicyclic) bond motifs is 2. The van der Waals surface area contributed by atoms with Gasteiger partial charge in [0.25, 0.3) is 0 Å². The Morgan fingerprint density at radius 1 is 0.579 bits per heavy atom. The van der Waals surface area contributed by atoms with Crippen LogP contribution >= 0.6 is 0 Å². The summed E-state index contributed by atoms with van der Waals surface area (Å²) in [6.45, 7) is 0. The average Bonchev–Trinajstić information content (AvgIpc) is 3.05.